The van der Waals surface area contributed by atoms with Crippen LogP contribution in [0.3, 0.4) is 0 Å². The highest BCUT2D eigenvalue weighted by Gasteiger charge is 2.23. The van der Waals surface area contributed by atoms with Crippen LogP contribution in [0.25, 0.3) is 0 Å². The van der Waals surface area contributed by atoms with E-state index < -0.39 is 0 Å². The smallest absolute Gasteiger partial charge is 0.225 e. The van der Waals surface area contributed by atoms with Gasteiger partial charge in [0.2, 0.25) is 11.9 Å². The Bertz CT molecular complexity index is 595. The maximum atomic E-state index is 11.7. The molecule has 1 saturated heterocycles. The van der Waals surface area contributed by atoms with Crippen molar-refractivity contribution >= 4 is 17.8 Å². The summed E-state index contributed by atoms with van der Waals surface area (Å²) in [6.07, 6.45) is 7.16. The molecule has 0 spiro atoms. The van der Waals surface area contributed by atoms with E-state index in [1.807, 2.05) is 6.07 Å². The quantitative estimate of drug-likeness (QED) is 0.422. The summed E-state index contributed by atoms with van der Waals surface area (Å²) >= 11 is 0. The largest absolute Gasteiger partial charge is 0.357 e. The van der Waals surface area contributed by atoms with Crippen LogP contribution in [0.1, 0.15) is 32.6 Å². The monoisotopic (exact) mass is 359 g/mol. The van der Waals surface area contributed by atoms with Gasteiger partial charge >= 0.3 is 0 Å². The zero-order valence-electron chi connectivity index (χ0n) is 15.5. The molecule has 0 unspecified atom stereocenters. The first-order chi connectivity index (χ1) is 12.8. The van der Waals surface area contributed by atoms with Crippen molar-refractivity contribution in [2.75, 3.05) is 44.2 Å². The summed E-state index contributed by atoms with van der Waals surface area (Å²) in [7, 11) is 0. The molecule has 1 aliphatic heterocycles. The van der Waals surface area contributed by atoms with E-state index >= 15 is 0 Å². The maximum absolute atomic E-state index is 11.7. The molecule has 142 valence electrons. The van der Waals surface area contributed by atoms with Crippen molar-refractivity contribution in [1.29, 1.82) is 0 Å². The van der Waals surface area contributed by atoms with Gasteiger partial charge in [-0.15, -0.1) is 0 Å². The number of aliphatic imine (C=N–C) groups is 1. The molecule has 1 saturated carbocycles. The Labute approximate surface area is 155 Å². The predicted octanol–water partition coefficient (Wildman–Crippen LogP) is 0.623. The lowest BCUT2D eigenvalue weighted by Crippen LogP contribution is -2.53. The number of carbonyl (C=O) groups excluding carboxylic acids is 1. The second kappa shape index (κ2) is 9.35. The Morgan fingerprint density at radius 1 is 1.23 bits per heavy atom. The minimum absolute atomic E-state index is 0.157. The molecule has 26 heavy (non-hydrogen) atoms. The second-order valence-electron chi connectivity index (χ2n) is 6.70. The summed E-state index contributed by atoms with van der Waals surface area (Å²) in [5.41, 5.74) is 0. The summed E-state index contributed by atoms with van der Waals surface area (Å²) in [5, 5.41) is 6.38. The van der Waals surface area contributed by atoms with E-state index in [-0.39, 0.29) is 5.91 Å². The van der Waals surface area contributed by atoms with Crippen LogP contribution in [-0.4, -0.2) is 72.0 Å². The van der Waals surface area contributed by atoms with Gasteiger partial charge in [0.05, 0.1) is 0 Å². The highest BCUT2D eigenvalue weighted by Crippen LogP contribution is 2.18. The molecule has 0 bridgehead atoms. The van der Waals surface area contributed by atoms with Gasteiger partial charge < -0.3 is 20.4 Å². The third kappa shape index (κ3) is 5.57. The average molecular weight is 359 g/mol. The third-order valence-corrected chi connectivity index (χ3v) is 4.52. The zero-order chi connectivity index (χ0) is 18.2. The van der Waals surface area contributed by atoms with Crippen molar-refractivity contribution in [3.8, 4) is 0 Å². The maximum Gasteiger partial charge on any atom is 0.225 e. The second-order valence-corrected chi connectivity index (χ2v) is 6.70. The first-order valence-electron chi connectivity index (χ1n) is 9.61. The Morgan fingerprint density at radius 2 is 1.96 bits per heavy atom. The van der Waals surface area contributed by atoms with Crippen LogP contribution in [0.2, 0.25) is 0 Å². The molecular formula is C18H29N7O. The number of anilines is 1. The lowest BCUT2D eigenvalue weighted by Gasteiger charge is -2.36. The first kappa shape index (κ1) is 18.4. The fourth-order valence-electron chi connectivity index (χ4n) is 2.95. The van der Waals surface area contributed by atoms with Crippen LogP contribution >= 0.6 is 0 Å². The van der Waals surface area contributed by atoms with E-state index in [1.54, 1.807) is 12.4 Å². The van der Waals surface area contributed by atoms with E-state index in [2.05, 4.69) is 37.3 Å². The van der Waals surface area contributed by atoms with Gasteiger partial charge in [0.1, 0.15) is 0 Å². The van der Waals surface area contributed by atoms with Crippen LogP contribution in [-0.2, 0) is 4.79 Å². The molecular weight excluding hydrogens is 330 g/mol. The molecule has 2 N–H and O–H groups in total. The Morgan fingerprint density at radius 3 is 2.62 bits per heavy atom. The minimum Gasteiger partial charge on any atom is -0.357 e. The van der Waals surface area contributed by atoms with Gasteiger partial charge in [-0.2, -0.15) is 0 Å². The SMILES string of the molecule is CCNC(=NCCCC(=O)NC1CC1)N1CCN(c2ncccn2)CC1. The fraction of sp³-hybridized carbons (Fsp3) is 0.667. The van der Waals surface area contributed by atoms with Crippen molar-refractivity contribution in [3.63, 3.8) is 0 Å². The molecule has 1 amide bonds. The lowest BCUT2D eigenvalue weighted by molar-refractivity contribution is -0.121. The number of hydrogen-bond donors (Lipinski definition) is 2. The molecule has 1 aromatic heterocycles. The number of nitrogens with one attached hydrogen (secondary N) is 2. The highest BCUT2D eigenvalue weighted by atomic mass is 16.1. The number of guanidine groups is 1. The average Bonchev–Trinajstić information content (AvgIpc) is 3.49. The van der Waals surface area contributed by atoms with Crippen molar-refractivity contribution in [2.24, 2.45) is 4.99 Å². The number of aromatic nitrogens is 2. The number of rotatable bonds is 7. The molecule has 0 aromatic carbocycles. The fourth-order valence-corrected chi connectivity index (χ4v) is 2.95. The Kier molecular flexibility index (Phi) is 6.62. The van der Waals surface area contributed by atoms with E-state index in [0.29, 0.717) is 19.0 Å². The van der Waals surface area contributed by atoms with Crippen molar-refractivity contribution in [2.45, 2.75) is 38.6 Å². The molecule has 1 aromatic rings. The van der Waals surface area contributed by atoms with Crippen LogP contribution < -0.4 is 15.5 Å². The number of piperazine rings is 1. The topological polar surface area (TPSA) is 85.8 Å². The molecule has 2 aliphatic rings. The van der Waals surface area contributed by atoms with E-state index in [9.17, 15) is 4.79 Å². The van der Waals surface area contributed by atoms with Crippen LogP contribution in [0, 0.1) is 0 Å². The van der Waals surface area contributed by atoms with Crippen molar-refractivity contribution in [3.05, 3.63) is 18.5 Å². The molecule has 0 radical (unpaired) electrons. The molecule has 1 aliphatic carbocycles. The Balaban J connectivity index is 1.44. The van der Waals surface area contributed by atoms with Gasteiger partial charge in [0, 0.05) is 64.1 Å². The van der Waals surface area contributed by atoms with E-state index in [1.165, 1.54) is 0 Å². The van der Waals surface area contributed by atoms with Crippen molar-refractivity contribution in [1.82, 2.24) is 25.5 Å². The summed E-state index contributed by atoms with van der Waals surface area (Å²) in [4.78, 5) is 29.6. The summed E-state index contributed by atoms with van der Waals surface area (Å²) in [5.74, 6) is 1.88. The molecule has 8 nitrogen and oxygen atoms in total. The van der Waals surface area contributed by atoms with E-state index in [4.69, 9.17) is 4.99 Å². The molecule has 3 rings (SSSR count). The van der Waals surface area contributed by atoms with Gasteiger partial charge in [-0.3, -0.25) is 9.79 Å². The summed E-state index contributed by atoms with van der Waals surface area (Å²) < 4.78 is 0. The summed E-state index contributed by atoms with van der Waals surface area (Å²) in [6, 6.07) is 2.27. The number of amides is 1. The summed E-state index contributed by atoms with van der Waals surface area (Å²) in [6.45, 7) is 7.09. The molecule has 2 fully saturated rings. The zero-order valence-corrected chi connectivity index (χ0v) is 15.5. The molecule has 2 heterocycles. The normalized spacial score (nSPS) is 18.0. The number of carbonyl (C=O) groups is 1. The van der Waals surface area contributed by atoms with Crippen LogP contribution in [0.5, 0.6) is 0 Å². The van der Waals surface area contributed by atoms with Crippen LogP contribution in [0.4, 0.5) is 5.95 Å². The highest BCUT2D eigenvalue weighted by molar-refractivity contribution is 5.80. The number of hydrogen-bond acceptors (Lipinski definition) is 5. The van der Waals surface area contributed by atoms with Crippen LogP contribution in [0.15, 0.2) is 23.5 Å². The predicted molar refractivity (Wildman–Crippen MR) is 102 cm³/mol. The standard InChI is InChI=1S/C18H29N7O/c1-2-19-17(20-8-3-5-16(26)23-15-6-7-15)24-11-13-25(14-12-24)18-21-9-4-10-22-18/h4,9-10,15H,2-3,5-8,11-14H2,1H3,(H,19,20)(H,23,26). The lowest BCUT2D eigenvalue weighted by atomic mass is 10.3. The minimum atomic E-state index is 0.157. The van der Waals surface area contributed by atoms with Crippen molar-refractivity contribution < 1.29 is 4.79 Å². The van der Waals surface area contributed by atoms with E-state index in [0.717, 1.165) is 63.9 Å². The van der Waals surface area contributed by atoms with Gasteiger partial charge in [0.25, 0.3) is 0 Å². The first-order valence-corrected chi connectivity index (χ1v) is 9.61. The number of nitrogens with zero attached hydrogens (tertiary/aromatic N) is 5. The molecule has 8 heteroatoms. The van der Waals surface area contributed by atoms with Gasteiger partial charge in [-0.1, -0.05) is 0 Å². The third-order valence-electron chi connectivity index (χ3n) is 4.52. The molecule has 0 atom stereocenters. The van der Waals surface area contributed by atoms with Gasteiger partial charge in [-0.25, -0.2) is 9.97 Å². The van der Waals surface area contributed by atoms with Gasteiger partial charge in [0.15, 0.2) is 5.96 Å². The van der Waals surface area contributed by atoms with Gasteiger partial charge in [-0.05, 0) is 32.3 Å². The Hall–Kier alpha value is -2.38.